The van der Waals surface area contributed by atoms with E-state index in [1.165, 1.54) is 4.31 Å². The second-order valence-corrected chi connectivity index (χ2v) is 6.52. The van der Waals surface area contributed by atoms with Crippen LogP contribution in [0.25, 0.3) is 0 Å². The predicted octanol–water partition coefficient (Wildman–Crippen LogP) is 0.763. The topological polar surface area (TPSA) is 62.3 Å². The molecule has 0 bridgehead atoms. The largest absolute Gasteiger partial charge is 0.317 e. The van der Waals surface area contributed by atoms with Crippen LogP contribution in [-0.4, -0.2) is 43.9 Å². The van der Waals surface area contributed by atoms with E-state index in [1.54, 1.807) is 18.3 Å². The maximum absolute atomic E-state index is 12.4. The van der Waals surface area contributed by atoms with Crippen LogP contribution in [0.1, 0.15) is 18.4 Å². The summed E-state index contributed by atoms with van der Waals surface area (Å²) in [5, 5.41) is 3.35. The van der Waals surface area contributed by atoms with Crippen LogP contribution in [0, 0.1) is 6.92 Å². The molecule has 0 spiro atoms. The van der Waals surface area contributed by atoms with E-state index in [0.29, 0.717) is 19.1 Å². The van der Waals surface area contributed by atoms with Crippen molar-refractivity contribution in [3.05, 3.63) is 23.9 Å². The Bertz CT molecular complexity index is 508. The first-order chi connectivity index (χ1) is 8.54. The SMILES string of the molecule is CNC1CCN(S(=O)(=O)c2cc(C)ccn2)CC1. The third kappa shape index (κ3) is 2.71. The molecule has 2 heterocycles. The molecular formula is C12H19N3O2S. The molecule has 6 heteroatoms. The highest BCUT2D eigenvalue weighted by Crippen LogP contribution is 2.19. The molecule has 0 unspecified atom stereocenters. The quantitative estimate of drug-likeness (QED) is 0.880. The third-order valence-electron chi connectivity index (χ3n) is 3.36. The van der Waals surface area contributed by atoms with E-state index in [0.717, 1.165) is 18.4 Å². The average molecular weight is 269 g/mol. The van der Waals surface area contributed by atoms with E-state index in [1.807, 2.05) is 14.0 Å². The van der Waals surface area contributed by atoms with Gasteiger partial charge in [-0.1, -0.05) is 0 Å². The number of piperidine rings is 1. The molecule has 2 rings (SSSR count). The molecule has 1 aliphatic rings. The highest BCUT2D eigenvalue weighted by Gasteiger charge is 2.29. The van der Waals surface area contributed by atoms with Crippen LogP contribution in [0.5, 0.6) is 0 Å². The Morgan fingerprint density at radius 3 is 2.61 bits per heavy atom. The summed E-state index contributed by atoms with van der Waals surface area (Å²) < 4.78 is 26.3. The van der Waals surface area contributed by atoms with Gasteiger partial charge in [0, 0.05) is 25.3 Å². The highest BCUT2D eigenvalue weighted by atomic mass is 32.2. The van der Waals surface area contributed by atoms with Gasteiger partial charge in [-0.15, -0.1) is 0 Å². The van der Waals surface area contributed by atoms with Gasteiger partial charge < -0.3 is 5.32 Å². The first kappa shape index (κ1) is 13.5. The standard InChI is InChI=1S/C12H19N3O2S/c1-10-3-6-14-12(9-10)18(16,17)15-7-4-11(13-2)5-8-15/h3,6,9,11,13H,4-5,7-8H2,1-2H3. The minimum Gasteiger partial charge on any atom is -0.317 e. The number of sulfonamides is 1. The Morgan fingerprint density at radius 1 is 1.39 bits per heavy atom. The molecule has 0 aliphatic carbocycles. The van der Waals surface area contributed by atoms with Crippen molar-refractivity contribution < 1.29 is 8.42 Å². The zero-order valence-corrected chi connectivity index (χ0v) is 11.6. The summed E-state index contributed by atoms with van der Waals surface area (Å²) in [7, 11) is -1.51. The average Bonchev–Trinajstić information content (AvgIpc) is 2.39. The van der Waals surface area contributed by atoms with E-state index >= 15 is 0 Å². The number of rotatable bonds is 3. The fraction of sp³-hybridized carbons (Fsp3) is 0.583. The molecule has 1 fully saturated rings. The molecule has 1 aromatic heterocycles. The van der Waals surface area contributed by atoms with E-state index in [2.05, 4.69) is 10.3 Å². The third-order valence-corrected chi connectivity index (χ3v) is 5.15. The van der Waals surface area contributed by atoms with Crippen LogP contribution in [-0.2, 0) is 10.0 Å². The molecule has 0 saturated carbocycles. The van der Waals surface area contributed by atoms with Crippen molar-refractivity contribution in [3.63, 3.8) is 0 Å². The van der Waals surface area contributed by atoms with Gasteiger partial charge in [-0.2, -0.15) is 4.31 Å². The van der Waals surface area contributed by atoms with Gasteiger partial charge in [-0.3, -0.25) is 0 Å². The lowest BCUT2D eigenvalue weighted by Crippen LogP contribution is -2.44. The van der Waals surface area contributed by atoms with Crippen LogP contribution < -0.4 is 5.32 Å². The molecule has 5 nitrogen and oxygen atoms in total. The minimum absolute atomic E-state index is 0.158. The number of aryl methyl sites for hydroxylation is 1. The number of hydrogen-bond acceptors (Lipinski definition) is 4. The fourth-order valence-electron chi connectivity index (χ4n) is 2.17. The van der Waals surface area contributed by atoms with Crippen molar-refractivity contribution in [1.29, 1.82) is 0 Å². The summed E-state index contributed by atoms with van der Waals surface area (Å²) in [5.74, 6) is 0. The molecule has 0 atom stereocenters. The highest BCUT2D eigenvalue weighted by molar-refractivity contribution is 7.89. The smallest absolute Gasteiger partial charge is 0.260 e. The van der Waals surface area contributed by atoms with E-state index < -0.39 is 10.0 Å². The van der Waals surface area contributed by atoms with E-state index in [4.69, 9.17) is 0 Å². The molecule has 1 aliphatic heterocycles. The Hall–Kier alpha value is -0.980. The second kappa shape index (κ2) is 5.34. The Morgan fingerprint density at radius 2 is 2.06 bits per heavy atom. The van der Waals surface area contributed by atoms with E-state index in [9.17, 15) is 8.42 Å². The lowest BCUT2D eigenvalue weighted by Gasteiger charge is -2.30. The molecule has 100 valence electrons. The number of aromatic nitrogens is 1. The maximum Gasteiger partial charge on any atom is 0.260 e. The second-order valence-electron chi connectivity index (χ2n) is 4.64. The summed E-state index contributed by atoms with van der Waals surface area (Å²) in [6.45, 7) is 2.99. The van der Waals surface area contributed by atoms with Gasteiger partial charge in [0.05, 0.1) is 0 Å². The van der Waals surface area contributed by atoms with Crippen LogP contribution in [0.3, 0.4) is 0 Å². The summed E-state index contributed by atoms with van der Waals surface area (Å²) in [5.41, 5.74) is 0.911. The molecular weight excluding hydrogens is 250 g/mol. The first-order valence-corrected chi connectivity index (χ1v) is 7.58. The van der Waals surface area contributed by atoms with Gasteiger partial charge in [0.2, 0.25) is 0 Å². The lowest BCUT2D eigenvalue weighted by atomic mass is 10.1. The van der Waals surface area contributed by atoms with Crippen molar-refractivity contribution in [2.75, 3.05) is 20.1 Å². The Kier molecular flexibility index (Phi) is 3.99. The first-order valence-electron chi connectivity index (χ1n) is 6.14. The molecule has 0 amide bonds. The fourth-order valence-corrected chi connectivity index (χ4v) is 3.65. The molecule has 0 aromatic carbocycles. The van der Waals surface area contributed by atoms with Crippen molar-refractivity contribution in [1.82, 2.24) is 14.6 Å². The van der Waals surface area contributed by atoms with Gasteiger partial charge >= 0.3 is 0 Å². The zero-order chi connectivity index (χ0) is 13.2. The molecule has 1 N–H and O–H groups in total. The molecule has 1 saturated heterocycles. The predicted molar refractivity (Wildman–Crippen MR) is 69.8 cm³/mol. The van der Waals surface area contributed by atoms with Crippen molar-refractivity contribution in [3.8, 4) is 0 Å². The normalized spacial score (nSPS) is 19.0. The number of hydrogen-bond donors (Lipinski definition) is 1. The Balaban J connectivity index is 2.17. The minimum atomic E-state index is -3.42. The van der Waals surface area contributed by atoms with Crippen molar-refractivity contribution >= 4 is 10.0 Å². The van der Waals surface area contributed by atoms with Gasteiger partial charge in [0.15, 0.2) is 5.03 Å². The van der Waals surface area contributed by atoms with Crippen LogP contribution >= 0.6 is 0 Å². The van der Waals surface area contributed by atoms with Gasteiger partial charge in [-0.25, -0.2) is 13.4 Å². The van der Waals surface area contributed by atoms with Crippen molar-refractivity contribution in [2.24, 2.45) is 0 Å². The molecule has 18 heavy (non-hydrogen) atoms. The van der Waals surface area contributed by atoms with Crippen LogP contribution in [0.15, 0.2) is 23.4 Å². The van der Waals surface area contributed by atoms with Crippen molar-refractivity contribution in [2.45, 2.75) is 30.8 Å². The molecule has 1 aromatic rings. The van der Waals surface area contributed by atoms with Gasteiger partial charge in [0.25, 0.3) is 10.0 Å². The summed E-state index contributed by atoms with van der Waals surface area (Å²) in [4.78, 5) is 3.98. The summed E-state index contributed by atoms with van der Waals surface area (Å²) in [6.07, 6.45) is 3.24. The molecule has 0 radical (unpaired) electrons. The van der Waals surface area contributed by atoms with Gasteiger partial charge in [0.1, 0.15) is 0 Å². The van der Waals surface area contributed by atoms with Gasteiger partial charge in [-0.05, 0) is 44.5 Å². The lowest BCUT2D eigenvalue weighted by molar-refractivity contribution is 0.298. The summed E-state index contributed by atoms with van der Waals surface area (Å²) >= 11 is 0. The van der Waals surface area contributed by atoms with E-state index in [-0.39, 0.29) is 5.03 Å². The monoisotopic (exact) mass is 269 g/mol. The number of nitrogens with zero attached hydrogens (tertiary/aromatic N) is 2. The van der Waals surface area contributed by atoms with Crippen LogP contribution in [0.4, 0.5) is 0 Å². The van der Waals surface area contributed by atoms with Crippen LogP contribution in [0.2, 0.25) is 0 Å². The number of pyridine rings is 1. The Labute approximate surface area is 108 Å². The zero-order valence-electron chi connectivity index (χ0n) is 10.8. The maximum atomic E-state index is 12.4. The number of nitrogens with one attached hydrogen (secondary N) is 1. The summed E-state index contributed by atoms with van der Waals surface area (Å²) in [6, 6.07) is 3.84.